The van der Waals surface area contributed by atoms with Crippen LogP contribution in [0.1, 0.15) is 32.1 Å². The van der Waals surface area contributed by atoms with E-state index in [4.69, 9.17) is 11.5 Å². The Bertz CT molecular complexity index is 754. The zero-order valence-electron chi connectivity index (χ0n) is 16.0. The molecule has 6 rings (SSSR count). The van der Waals surface area contributed by atoms with Crippen LogP contribution in [0.3, 0.4) is 0 Å². The number of pyridine rings is 2. The Morgan fingerprint density at radius 2 is 1.39 bits per heavy atom. The predicted octanol–water partition coefficient (Wildman–Crippen LogP) is 4.15. The van der Waals surface area contributed by atoms with E-state index in [0.717, 1.165) is 17.7 Å². The molecule has 152 valence electrons. The third kappa shape index (κ3) is 5.47. The average Bonchev–Trinajstić information content (AvgIpc) is 3.49. The number of aromatic nitrogens is 2. The summed E-state index contributed by atoms with van der Waals surface area (Å²) in [6.07, 6.45) is 7.67. The molecule has 4 aliphatic rings. The number of halogens is 2. The lowest BCUT2D eigenvalue weighted by atomic mass is 10.3. The van der Waals surface area contributed by atoms with E-state index < -0.39 is 5.95 Å². The Kier molecular flexibility index (Phi) is 6.60. The number of rotatable bonds is 1. The van der Waals surface area contributed by atoms with Crippen molar-refractivity contribution < 1.29 is 4.39 Å². The van der Waals surface area contributed by atoms with Gasteiger partial charge in [0.25, 0.3) is 0 Å². The monoisotopic (exact) mass is 405 g/mol. The summed E-state index contributed by atoms with van der Waals surface area (Å²) in [5.41, 5.74) is 10.7. The molecule has 28 heavy (non-hydrogen) atoms. The highest BCUT2D eigenvalue weighted by molar-refractivity contribution is 5.85. The van der Waals surface area contributed by atoms with Gasteiger partial charge >= 0.3 is 0 Å². The van der Waals surface area contributed by atoms with Crippen LogP contribution in [-0.2, 0) is 0 Å². The van der Waals surface area contributed by atoms with Gasteiger partial charge in [-0.3, -0.25) is 0 Å². The van der Waals surface area contributed by atoms with E-state index in [1.807, 2.05) is 18.2 Å². The van der Waals surface area contributed by atoms with Crippen LogP contribution < -0.4 is 16.4 Å². The van der Waals surface area contributed by atoms with Crippen molar-refractivity contribution in [2.45, 2.75) is 32.1 Å². The average molecular weight is 406 g/mol. The molecule has 4 unspecified atom stereocenters. The van der Waals surface area contributed by atoms with Crippen molar-refractivity contribution in [3.8, 4) is 0 Å². The molecule has 2 aromatic rings. The second-order valence-corrected chi connectivity index (χ2v) is 8.15. The van der Waals surface area contributed by atoms with Crippen molar-refractivity contribution in [1.82, 2.24) is 9.97 Å². The summed E-state index contributed by atoms with van der Waals surface area (Å²) in [4.78, 5) is 9.94. The Labute approximate surface area is 172 Å². The highest BCUT2D eigenvalue weighted by Gasteiger charge is 2.45. The van der Waals surface area contributed by atoms with E-state index in [2.05, 4.69) is 14.9 Å². The molecule has 3 heterocycles. The zero-order chi connectivity index (χ0) is 18.8. The fourth-order valence-corrected chi connectivity index (χ4v) is 4.28. The second-order valence-electron chi connectivity index (χ2n) is 8.15. The molecule has 0 amide bonds. The van der Waals surface area contributed by atoms with Gasteiger partial charge in [-0.2, -0.15) is 4.39 Å². The maximum absolute atomic E-state index is 12.0. The SMILES string of the molecule is C1CC2CC2C1.Cl.Nc1cccc(F)n1.Nc1cccc(N2CC3CC3C2)n1. The lowest BCUT2D eigenvalue weighted by Crippen LogP contribution is -2.22. The number of piperidine rings is 1. The van der Waals surface area contributed by atoms with Crippen molar-refractivity contribution in [3.05, 3.63) is 42.3 Å². The van der Waals surface area contributed by atoms with Crippen LogP contribution in [0.2, 0.25) is 0 Å². The first-order chi connectivity index (χ1) is 13.1. The molecule has 4 atom stereocenters. The molecule has 0 aromatic carbocycles. The fraction of sp³-hybridized carbons (Fsp3) is 0.524. The Morgan fingerprint density at radius 1 is 0.821 bits per heavy atom. The van der Waals surface area contributed by atoms with Gasteiger partial charge in [0.05, 0.1) is 0 Å². The molecule has 2 aromatic heterocycles. The topological polar surface area (TPSA) is 81.1 Å². The number of anilines is 3. The normalized spacial score (nSPS) is 27.8. The minimum absolute atomic E-state index is 0. The lowest BCUT2D eigenvalue weighted by Gasteiger charge is -2.18. The minimum Gasteiger partial charge on any atom is -0.384 e. The highest BCUT2D eigenvalue weighted by atomic mass is 35.5. The predicted molar refractivity (Wildman–Crippen MR) is 114 cm³/mol. The molecule has 0 bridgehead atoms. The summed E-state index contributed by atoms with van der Waals surface area (Å²) in [7, 11) is 0. The van der Waals surface area contributed by atoms with Gasteiger partial charge in [-0.05, 0) is 60.8 Å². The number of fused-ring (bicyclic) bond motifs is 2. The number of nitrogens with two attached hydrogens (primary N) is 2. The molecule has 3 aliphatic carbocycles. The molecule has 7 heteroatoms. The molecular weight excluding hydrogens is 377 g/mol. The van der Waals surface area contributed by atoms with E-state index in [1.54, 1.807) is 19.3 Å². The molecule has 4 fully saturated rings. The molecule has 5 nitrogen and oxygen atoms in total. The van der Waals surface area contributed by atoms with E-state index in [0.29, 0.717) is 5.82 Å². The van der Waals surface area contributed by atoms with Gasteiger partial charge < -0.3 is 16.4 Å². The molecule has 0 spiro atoms. The van der Waals surface area contributed by atoms with Gasteiger partial charge in [0, 0.05) is 13.1 Å². The van der Waals surface area contributed by atoms with Gasteiger partial charge in [0.1, 0.15) is 17.5 Å². The maximum Gasteiger partial charge on any atom is 0.214 e. The number of hydrogen-bond donors (Lipinski definition) is 2. The summed E-state index contributed by atoms with van der Waals surface area (Å²) in [5.74, 6) is 5.67. The van der Waals surface area contributed by atoms with Gasteiger partial charge in [-0.1, -0.05) is 31.4 Å². The van der Waals surface area contributed by atoms with Crippen LogP contribution >= 0.6 is 12.4 Å². The molecule has 1 saturated heterocycles. The standard InChI is InChI=1S/C10H13N3.C6H10.C5H5FN2.ClH/c11-9-2-1-3-10(12-9)13-5-7-4-8(7)6-13;1-2-5-4-6(5)3-1;6-4-2-1-3-5(7)8-4;/h1-3,7-8H,4-6H2,(H2,11,12);5-6H,1-4H2;1-3H,(H2,7,8);1H. The van der Waals surface area contributed by atoms with Crippen LogP contribution in [0.4, 0.5) is 21.8 Å². The zero-order valence-corrected chi connectivity index (χ0v) is 16.8. The summed E-state index contributed by atoms with van der Waals surface area (Å²) in [6.45, 7) is 2.36. The quantitative estimate of drug-likeness (QED) is 0.696. The largest absolute Gasteiger partial charge is 0.384 e. The van der Waals surface area contributed by atoms with Crippen LogP contribution in [0.15, 0.2) is 36.4 Å². The number of nitrogens with zero attached hydrogens (tertiary/aromatic N) is 3. The summed E-state index contributed by atoms with van der Waals surface area (Å²) < 4.78 is 12.0. The molecule has 3 saturated carbocycles. The Balaban J connectivity index is 0.000000129. The number of nitrogen functional groups attached to an aromatic ring is 2. The van der Waals surface area contributed by atoms with Crippen LogP contribution in [0.25, 0.3) is 0 Å². The first-order valence-corrected chi connectivity index (χ1v) is 9.94. The first-order valence-electron chi connectivity index (χ1n) is 9.94. The fourth-order valence-electron chi connectivity index (χ4n) is 4.28. The molecule has 4 N–H and O–H groups in total. The van der Waals surface area contributed by atoms with Crippen LogP contribution in [0.5, 0.6) is 0 Å². The molecule has 0 radical (unpaired) electrons. The van der Waals surface area contributed by atoms with Gasteiger partial charge in [-0.25, -0.2) is 9.97 Å². The third-order valence-electron chi connectivity index (χ3n) is 6.01. The summed E-state index contributed by atoms with van der Waals surface area (Å²) >= 11 is 0. The van der Waals surface area contributed by atoms with Crippen LogP contribution in [-0.4, -0.2) is 23.1 Å². The second kappa shape index (κ2) is 8.95. The van der Waals surface area contributed by atoms with Crippen molar-refractivity contribution >= 4 is 29.9 Å². The minimum atomic E-state index is -0.537. The van der Waals surface area contributed by atoms with Crippen molar-refractivity contribution in [3.63, 3.8) is 0 Å². The van der Waals surface area contributed by atoms with Crippen molar-refractivity contribution in [2.75, 3.05) is 29.5 Å². The molecular formula is C21H29ClFN5. The van der Waals surface area contributed by atoms with E-state index in [1.165, 1.54) is 56.0 Å². The lowest BCUT2D eigenvalue weighted by molar-refractivity contribution is 0.586. The van der Waals surface area contributed by atoms with Gasteiger partial charge in [0.15, 0.2) is 0 Å². The van der Waals surface area contributed by atoms with Crippen molar-refractivity contribution in [1.29, 1.82) is 0 Å². The van der Waals surface area contributed by atoms with Gasteiger partial charge in [0.2, 0.25) is 5.95 Å². The van der Waals surface area contributed by atoms with Gasteiger partial charge in [-0.15, -0.1) is 12.4 Å². The molecule has 1 aliphatic heterocycles. The number of hydrogen-bond acceptors (Lipinski definition) is 5. The third-order valence-corrected chi connectivity index (χ3v) is 6.01. The Morgan fingerprint density at radius 3 is 1.82 bits per heavy atom. The Hall–Kier alpha value is -2.08. The first kappa shape index (κ1) is 20.6. The van der Waals surface area contributed by atoms with Crippen LogP contribution in [0, 0.1) is 29.6 Å². The van der Waals surface area contributed by atoms with E-state index in [-0.39, 0.29) is 18.2 Å². The summed E-state index contributed by atoms with van der Waals surface area (Å²) in [6, 6.07) is 10.1. The maximum atomic E-state index is 12.0. The smallest absolute Gasteiger partial charge is 0.214 e. The van der Waals surface area contributed by atoms with E-state index in [9.17, 15) is 4.39 Å². The van der Waals surface area contributed by atoms with E-state index >= 15 is 0 Å². The highest BCUT2D eigenvalue weighted by Crippen LogP contribution is 2.51. The summed E-state index contributed by atoms with van der Waals surface area (Å²) in [5, 5.41) is 0. The van der Waals surface area contributed by atoms with Crippen molar-refractivity contribution in [2.24, 2.45) is 23.7 Å².